The molecule has 0 amide bonds. The standard InChI is InChI=1S/C10H23NO2/c1-3-5-10(8-12,6-4-2)9(13)7-11/h9,12-13H,3-8,11H2,1-2H3. The summed E-state index contributed by atoms with van der Waals surface area (Å²) in [5.74, 6) is 0. The van der Waals surface area contributed by atoms with Crippen molar-refractivity contribution in [2.24, 2.45) is 11.1 Å². The summed E-state index contributed by atoms with van der Waals surface area (Å²) in [4.78, 5) is 0. The molecule has 0 aromatic carbocycles. The van der Waals surface area contributed by atoms with Crippen LogP contribution in [0.3, 0.4) is 0 Å². The highest BCUT2D eigenvalue weighted by Gasteiger charge is 2.34. The van der Waals surface area contributed by atoms with E-state index in [1.165, 1.54) is 0 Å². The Balaban J connectivity index is 4.42. The normalized spacial score (nSPS) is 14.5. The van der Waals surface area contributed by atoms with Gasteiger partial charge >= 0.3 is 0 Å². The van der Waals surface area contributed by atoms with Gasteiger partial charge in [0.1, 0.15) is 0 Å². The van der Waals surface area contributed by atoms with E-state index in [0.29, 0.717) is 0 Å². The zero-order valence-electron chi connectivity index (χ0n) is 8.79. The molecule has 0 heterocycles. The lowest BCUT2D eigenvalue weighted by molar-refractivity contribution is -0.0255. The third-order valence-electron chi connectivity index (χ3n) is 2.74. The molecule has 0 aromatic heterocycles. The number of aliphatic hydroxyl groups excluding tert-OH is 2. The highest BCUT2D eigenvalue weighted by Crippen LogP contribution is 2.32. The second-order valence-corrected chi connectivity index (χ2v) is 3.77. The van der Waals surface area contributed by atoms with Gasteiger partial charge < -0.3 is 15.9 Å². The van der Waals surface area contributed by atoms with E-state index in [0.717, 1.165) is 25.7 Å². The van der Waals surface area contributed by atoms with Gasteiger partial charge in [0.2, 0.25) is 0 Å². The first-order valence-electron chi connectivity index (χ1n) is 5.15. The minimum atomic E-state index is -0.572. The van der Waals surface area contributed by atoms with Crippen molar-refractivity contribution >= 4 is 0 Å². The molecule has 0 spiro atoms. The lowest BCUT2D eigenvalue weighted by Gasteiger charge is -2.35. The molecule has 0 saturated heterocycles. The Hall–Kier alpha value is -0.120. The van der Waals surface area contributed by atoms with E-state index >= 15 is 0 Å². The van der Waals surface area contributed by atoms with Crippen molar-refractivity contribution in [1.29, 1.82) is 0 Å². The second kappa shape index (κ2) is 6.35. The molecule has 4 N–H and O–H groups in total. The average molecular weight is 189 g/mol. The fourth-order valence-electron chi connectivity index (χ4n) is 1.97. The molecule has 1 unspecified atom stereocenters. The molecular weight excluding hydrogens is 166 g/mol. The summed E-state index contributed by atoms with van der Waals surface area (Å²) in [6.07, 6.45) is 3.05. The predicted octanol–water partition coefficient (Wildman–Crippen LogP) is 0.885. The number of aliphatic hydroxyl groups is 2. The van der Waals surface area contributed by atoms with Gasteiger partial charge in [-0.15, -0.1) is 0 Å². The van der Waals surface area contributed by atoms with E-state index in [1.807, 2.05) is 0 Å². The van der Waals surface area contributed by atoms with Gasteiger partial charge in [-0.3, -0.25) is 0 Å². The maximum Gasteiger partial charge on any atom is 0.0740 e. The molecule has 3 nitrogen and oxygen atoms in total. The minimum absolute atomic E-state index is 0.0348. The zero-order chi connectivity index (χ0) is 10.3. The summed E-state index contributed by atoms with van der Waals surface area (Å²) >= 11 is 0. The maximum absolute atomic E-state index is 9.75. The minimum Gasteiger partial charge on any atom is -0.396 e. The third kappa shape index (κ3) is 3.25. The van der Waals surface area contributed by atoms with Crippen LogP contribution in [0.15, 0.2) is 0 Å². The molecule has 0 aliphatic rings. The quantitative estimate of drug-likeness (QED) is 0.557. The van der Waals surface area contributed by atoms with Crippen molar-refractivity contribution < 1.29 is 10.2 Å². The highest BCUT2D eigenvalue weighted by molar-refractivity contribution is 4.85. The van der Waals surface area contributed by atoms with Crippen molar-refractivity contribution in [2.75, 3.05) is 13.2 Å². The van der Waals surface area contributed by atoms with Gasteiger partial charge in [-0.25, -0.2) is 0 Å². The Labute approximate surface area is 81.0 Å². The smallest absolute Gasteiger partial charge is 0.0740 e. The van der Waals surface area contributed by atoms with E-state index in [2.05, 4.69) is 13.8 Å². The van der Waals surface area contributed by atoms with E-state index in [9.17, 15) is 10.2 Å². The molecule has 0 aliphatic carbocycles. The van der Waals surface area contributed by atoms with Crippen molar-refractivity contribution in [3.63, 3.8) is 0 Å². The molecular formula is C10H23NO2. The second-order valence-electron chi connectivity index (χ2n) is 3.77. The van der Waals surface area contributed by atoms with Crippen LogP contribution in [0.1, 0.15) is 39.5 Å². The molecule has 3 heteroatoms. The van der Waals surface area contributed by atoms with Gasteiger partial charge in [-0.1, -0.05) is 26.7 Å². The Morgan fingerprint density at radius 3 is 1.92 bits per heavy atom. The number of rotatable bonds is 7. The summed E-state index contributed by atoms with van der Waals surface area (Å²) in [5.41, 5.74) is 5.07. The molecule has 0 rings (SSSR count). The number of nitrogens with two attached hydrogens (primary N) is 1. The highest BCUT2D eigenvalue weighted by atomic mass is 16.3. The SMILES string of the molecule is CCCC(CO)(CCC)C(O)CN. The van der Waals surface area contributed by atoms with Gasteiger partial charge in [0.25, 0.3) is 0 Å². The Morgan fingerprint density at radius 2 is 1.69 bits per heavy atom. The van der Waals surface area contributed by atoms with E-state index in [4.69, 9.17) is 5.73 Å². The van der Waals surface area contributed by atoms with Gasteiger partial charge in [0.15, 0.2) is 0 Å². The molecule has 13 heavy (non-hydrogen) atoms. The van der Waals surface area contributed by atoms with Crippen molar-refractivity contribution in [3.8, 4) is 0 Å². The van der Waals surface area contributed by atoms with Crippen molar-refractivity contribution in [2.45, 2.75) is 45.6 Å². The lowest BCUT2D eigenvalue weighted by atomic mass is 9.75. The van der Waals surface area contributed by atoms with Crippen molar-refractivity contribution in [1.82, 2.24) is 0 Å². The Kier molecular flexibility index (Phi) is 6.29. The molecule has 80 valence electrons. The first kappa shape index (κ1) is 12.9. The van der Waals surface area contributed by atoms with Gasteiger partial charge in [0, 0.05) is 12.0 Å². The first-order valence-corrected chi connectivity index (χ1v) is 5.15. The molecule has 0 radical (unpaired) electrons. The summed E-state index contributed by atoms with van der Waals surface area (Å²) in [6, 6.07) is 0. The largest absolute Gasteiger partial charge is 0.396 e. The van der Waals surface area contributed by atoms with Gasteiger partial charge in [0.05, 0.1) is 12.7 Å². The Bertz CT molecular complexity index is 122. The van der Waals surface area contributed by atoms with Crippen LogP contribution < -0.4 is 5.73 Å². The molecule has 0 aliphatic heterocycles. The number of hydrogen-bond acceptors (Lipinski definition) is 3. The lowest BCUT2D eigenvalue weighted by Crippen LogP contribution is -2.43. The summed E-state index contributed by atoms with van der Waals surface area (Å²) in [5, 5.41) is 19.1. The molecule has 0 aromatic rings. The fraction of sp³-hybridized carbons (Fsp3) is 1.00. The first-order chi connectivity index (χ1) is 6.16. The van der Waals surface area contributed by atoms with Crippen LogP contribution in [0.5, 0.6) is 0 Å². The summed E-state index contributed by atoms with van der Waals surface area (Å²) < 4.78 is 0. The molecule has 0 bridgehead atoms. The van der Waals surface area contributed by atoms with E-state index in [-0.39, 0.29) is 18.6 Å². The van der Waals surface area contributed by atoms with Crippen LogP contribution in [0.4, 0.5) is 0 Å². The van der Waals surface area contributed by atoms with Crippen LogP contribution in [0, 0.1) is 5.41 Å². The Morgan fingerprint density at radius 1 is 1.23 bits per heavy atom. The van der Waals surface area contributed by atoms with Crippen LogP contribution in [-0.2, 0) is 0 Å². The monoisotopic (exact) mass is 189 g/mol. The van der Waals surface area contributed by atoms with Gasteiger partial charge in [-0.05, 0) is 12.8 Å². The molecule has 0 saturated carbocycles. The summed E-state index contributed by atoms with van der Waals surface area (Å²) in [7, 11) is 0. The third-order valence-corrected chi connectivity index (χ3v) is 2.74. The zero-order valence-corrected chi connectivity index (χ0v) is 8.79. The van der Waals surface area contributed by atoms with Crippen LogP contribution in [0.2, 0.25) is 0 Å². The summed E-state index contributed by atoms with van der Waals surface area (Å²) in [6.45, 7) is 4.39. The maximum atomic E-state index is 9.75. The van der Waals surface area contributed by atoms with Crippen LogP contribution >= 0.6 is 0 Å². The predicted molar refractivity (Wildman–Crippen MR) is 54.4 cm³/mol. The molecule has 0 fully saturated rings. The van der Waals surface area contributed by atoms with Gasteiger partial charge in [-0.2, -0.15) is 0 Å². The fourth-order valence-corrected chi connectivity index (χ4v) is 1.97. The van der Waals surface area contributed by atoms with E-state index in [1.54, 1.807) is 0 Å². The van der Waals surface area contributed by atoms with Crippen molar-refractivity contribution in [3.05, 3.63) is 0 Å². The number of hydrogen-bond donors (Lipinski definition) is 3. The van der Waals surface area contributed by atoms with E-state index < -0.39 is 6.10 Å². The van der Waals surface area contributed by atoms with Crippen LogP contribution in [-0.4, -0.2) is 29.5 Å². The molecule has 1 atom stereocenters. The average Bonchev–Trinajstić information content (AvgIpc) is 2.16. The topological polar surface area (TPSA) is 66.5 Å². The van der Waals surface area contributed by atoms with Crippen LogP contribution in [0.25, 0.3) is 0 Å².